The number of hydrogen-bond acceptors (Lipinski definition) is 3. The fourth-order valence-electron chi connectivity index (χ4n) is 1.58. The molecule has 4 heteroatoms. The second-order valence-corrected chi connectivity index (χ2v) is 6.00. The molecule has 2 nitrogen and oxygen atoms in total. The molecule has 2 unspecified atom stereocenters. The van der Waals surface area contributed by atoms with Crippen molar-refractivity contribution in [2.24, 2.45) is 5.92 Å². The molecule has 2 atom stereocenters. The van der Waals surface area contributed by atoms with Crippen LogP contribution in [0.25, 0.3) is 0 Å². The second-order valence-electron chi connectivity index (χ2n) is 3.31. The molecule has 0 saturated heterocycles. The maximum absolute atomic E-state index is 11.1. The Bertz CT molecular complexity index is 221. The molecule has 0 aromatic rings. The van der Waals surface area contributed by atoms with Crippen molar-refractivity contribution in [1.82, 2.24) is 0 Å². The van der Waals surface area contributed by atoms with Crippen LogP contribution in [0.4, 0.5) is 0 Å². The zero-order valence-electron chi connectivity index (χ0n) is 6.66. The number of rotatable bonds is 2. The summed E-state index contributed by atoms with van der Waals surface area (Å²) in [4.78, 5) is 0. The van der Waals surface area contributed by atoms with Gasteiger partial charge in [-0.15, -0.1) is 0 Å². The molecule has 0 N–H and O–H groups in total. The molecule has 0 aromatic carbocycles. The normalized spacial score (nSPS) is 32.5. The standard InChI is InChI=1S/C7H14O2S2/c1-11(8,9)7-3-2-6(4-7)5-10/h6-7,10H,2-5H2,1H3. The SMILES string of the molecule is CS(=O)(=O)C1CCC(CS)C1. The molecule has 0 bridgehead atoms. The van der Waals surface area contributed by atoms with Gasteiger partial charge in [-0.05, 0) is 30.9 Å². The van der Waals surface area contributed by atoms with Crippen LogP contribution < -0.4 is 0 Å². The van der Waals surface area contributed by atoms with Crippen LogP contribution in [0.3, 0.4) is 0 Å². The molecule has 0 heterocycles. The highest BCUT2D eigenvalue weighted by molar-refractivity contribution is 7.91. The van der Waals surface area contributed by atoms with Gasteiger partial charge in [0.05, 0.1) is 5.25 Å². The zero-order chi connectivity index (χ0) is 8.48. The van der Waals surface area contributed by atoms with Crippen molar-refractivity contribution in [3.05, 3.63) is 0 Å². The van der Waals surface area contributed by atoms with E-state index in [-0.39, 0.29) is 5.25 Å². The van der Waals surface area contributed by atoms with Crippen molar-refractivity contribution < 1.29 is 8.42 Å². The second kappa shape index (κ2) is 3.35. The van der Waals surface area contributed by atoms with Crippen molar-refractivity contribution in [3.63, 3.8) is 0 Å². The van der Waals surface area contributed by atoms with E-state index in [1.54, 1.807) is 0 Å². The summed E-state index contributed by atoms with van der Waals surface area (Å²) in [6.07, 6.45) is 4.02. The summed E-state index contributed by atoms with van der Waals surface area (Å²) in [5.74, 6) is 1.35. The van der Waals surface area contributed by atoms with Gasteiger partial charge in [0.1, 0.15) is 9.84 Å². The van der Waals surface area contributed by atoms with Gasteiger partial charge in [-0.25, -0.2) is 8.42 Å². The van der Waals surface area contributed by atoms with Crippen LogP contribution in [0.5, 0.6) is 0 Å². The summed E-state index contributed by atoms with van der Waals surface area (Å²) in [6, 6.07) is 0. The highest BCUT2D eigenvalue weighted by Gasteiger charge is 2.30. The first-order chi connectivity index (χ1) is 5.04. The van der Waals surface area contributed by atoms with Crippen molar-refractivity contribution >= 4 is 22.5 Å². The Morgan fingerprint density at radius 1 is 1.45 bits per heavy atom. The Kier molecular flexibility index (Phi) is 2.86. The fraction of sp³-hybridized carbons (Fsp3) is 1.00. The average Bonchev–Trinajstić information content (AvgIpc) is 2.32. The Morgan fingerprint density at radius 2 is 2.09 bits per heavy atom. The molecule has 0 aromatic heterocycles. The molecule has 1 saturated carbocycles. The highest BCUT2D eigenvalue weighted by atomic mass is 32.2. The minimum absolute atomic E-state index is 0.0837. The summed E-state index contributed by atoms with van der Waals surface area (Å²) in [7, 11) is -2.78. The summed E-state index contributed by atoms with van der Waals surface area (Å²) >= 11 is 4.16. The van der Waals surface area contributed by atoms with E-state index in [2.05, 4.69) is 12.6 Å². The summed E-state index contributed by atoms with van der Waals surface area (Å²) in [6.45, 7) is 0. The van der Waals surface area contributed by atoms with Crippen LogP contribution in [0.1, 0.15) is 19.3 Å². The Hall–Kier alpha value is 0.300. The minimum Gasteiger partial charge on any atom is -0.229 e. The van der Waals surface area contributed by atoms with Crippen molar-refractivity contribution in [1.29, 1.82) is 0 Å². The van der Waals surface area contributed by atoms with E-state index in [1.807, 2.05) is 0 Å². The first-order valence-electron chi connectivity index (χ1n) is 3.83. The maximum atomic E-state index is 11.1. The van der Waals surface area contributed by atoms with Gasteiger partial charge in [-0.1, -0.05) is 0 Å². The van der Waals surface area contributed by atoms with Crippen LogP contribution in [-0.2, 0) is 9.84 Å². The van der Waals surface area contributed by atoms with E-state index in [9.17, 15) is 8.42 Å². The largest absolute Gasteiger partial charge is 0.229 e. The van der Waals surface area contributed by atoms with E-state index in [4.69, 9.17) is 0 Å². The lowest BCUT2D eigenvalue weighted by molar-refractivity contribution is 0.579. The van der Waals surface area contributed by atoms with Crippen LogP contribution in [0, 0.1) is 5.92 Å². The van der Waals surface area contributed by atoms with Gasteiger partial charge < -0.3 is 0 Å². The maximum Gasteiger partial charge on any atom is 0.150 e. The lowest BCUT2D eigenvalue weighted by Crippen LogP contribution is -2.16. The summed E-state index contributed by atoms with van der Waals surface area (Å²) < 4.78 is 22.1. The minimum atomic E-state index is -2.78. The van der Waals surface area contributed by atoms with Crippen LogP contribution in [0.15, 0.2) is 0 Å². The lowest BCUT2D eigenvalue weighted by atomic mass is 10.1. The fourth-order valence-corrected chi connectivity index (χ4v) is 3.10. The molecular weight excluding hydrogens is 180 g/mol. The zero-order valence-corrected chi connectivity index (χ0v) is 8.37. The van der Waals surface area contributed by atoms with Gasteiger partial charge in [0, 0.05) is 6.26 Å². The monoisotopic (exact) mass is 194 g/mol. The van der Waals surface area contributed by atoms with E-state index in [0.29, 0.717) is 5.92 Å². The van der Waals surface area contributed by atoms with Gasteiger partial charge in [0.2, 0.25) is 0 Å². The Morgan fingerprint density at radius 3 is 2.36 bits per heavy atom. The quantitative estimate of drug-likeness (QED) is 0.669. The average molecular weight is 194 g/mol. The van der Waals surface area contributed by atoms with Gasteiger partial charge in [0.25, 0.3) is 0 Å². The molecule has 1 aliphatic rings. The van der Waals surface area contributed by atoms with Gasteiger partial charge >= 0.3 is 0 Å². The van der Waals surface area contributed by atoms with Crippen molar-refractivity contribution in [2.45, 2.75) is 24.5 Å². The first-order valence-corrected chi connectivity index (χ1v) is 6.42. The molecule has 1 aliphatic carbocycles. The number of hydrogen-bond donors (Lipinski definition) is 1. The van der Waals surface area contributed by atoms with Gasteiger partial charge in [-0.3, -0.25) is 0 Å². The number of thiol groups is 1. The van der Waals surface area contributed by atoms with E-state index < -0.39 is 9.84 Å². The predicted molar refractivity (Wildman–Crippen MR) is 49.8 cm³/mol. The van der Waals surface area contributed by atoms with Crippen molar-refractivity contribution in [2.75, 3.05) is 12.0 Å². The Balaban J connectivity index is 2.55. The van der Waals surface area contributed by atoms with Crippen LogP contribution in [-0.4, -0.2) is 25.7 Å². The van der Waals surface area contributed by atoms with E-state index in [0.717, 1.165) is 25.0 Å². The summed E-state index contributed by atoms with van der Waals surface area (Å²) in [5, 5.41) is -0.0837. The molecule has 0 radical (unpaired) electrons. The van der Waals surface area contributed by atoms with E-state index in [1.165, 1.54) is 6.26 Å². The first kappa shape index (κ1) is 9.39. The Labute approximate surface area is 73.7 Å². The summed E-state index contributed by atoms with van der Waals surface area (Å²) in [5.41, 5.74) is 0. The lowest BCUT2D eigenvalue weighted by Gasteiger charge is -2.06. The molecule has 11 heavy (non-hydrogen) atoms. The molecule has 1 rings (SSSR count). The predicted octanol–water partition coefficient (Wildman–Crippen LogP) is 1.13. The van der Waals surface area contributed by atoms with E-state index >= 15 is 0 Å². The van der Waals surface area contributed by atoms with Gasteiger partial charge in [0.15, 0.2) is 0 Å². The molecule has 0 aliphatic heterocycles. The third-order valence-corrected chi connectivity index (χ3v) is 4.51. The molecule has 1 fully saturated rings. The molecule has 66 valence electrons. The van der Waals surface area contributed by atoms with Gasteiger partial charge in [-0.2, -0.15) is 12.6 Å². The van der Waals surface area contributed by atoms with Crippen LogP contribution in [0.2, 0.25) is 0 Å². The highest BCUT2D eigenvalue weighted by Crippen LogP contribution is 2.30. The smallest absolute Gasteiger partial charge is 0.150 e. The molecular formula is C7H14O2S2. The number of sulfone groups is 1. The third-order valence-electron chi connectivity index (χ3n) is 2.36. The molecule has 0 amide bonds. The topological polar surface area (TPSA) is 34.1 Å². The van der Waals surface area contributed by atoms with Crippen molar-refractivity contribution in [3.8, 4) is 0 Å². The molecule has 0 spiro atoms. The van der Waals surface area contributed by atoms with Crippen LogP contribution >= 0.6 is 12.6 Å². The third kappa shape index (κ3) is 2.37.